The summed E-state index contributed by atoms with van der Waals surface area (Å²) in [5.74, 6) is 5.87. The van der Waals surface area contributed by atoms with Crippen molar-refractivity contribution in [2.45, 2.75) is 129 Å². The standard InChI is InChI=1S/C66H83N9O18S/c1-39(2)59(71-58(76)38-89-26-25-88-24-21-68-94(84,85)72-65(82)92-37-50-46-15-11-8-9-12-16-47(46)50)61(78)69-42(5)60(77)70-44-19-17-43(18-20-44)36-93-66(83)75-52-32-57(55(87-7)30-49(52)63(80)74-35-41(4)28-53(74)64(75)81)91-23-14-10-13-22-90-56-31-51-48(29-54(56)86-6)62(79)73-34-40(3)27-45(73)33-67-51/h17-20,29-35,39,42,45-47,50,53,59,64,68,81H,10-16,21-28,36-38H2,1-7H3,(H,69,78)(H,70,77)(H,71,76)(H,72,82)/t42-,45-,46-,47+,50?,53-,59-,64-/m0/s1. The van der Waals surface area contributed by atoms with Gasteiger partial charge in [0.05, 0.1) is 88.4 Å². The van der Waals surface area contributed by atoms with Crippen LogP contribution in [0.2, 0.25) is 0 Å². The van der Waals surface area contributed by atoms with Crippen molar-refractivity contribution in [2.75, 3.05) is 77.2 Å². The highest BCUT2D eigenvalue weighted by atomic mass is 32.2. The van der Waals surface area contributed by atoms with Crippen LogP contribution in [0.15, 0.2) is 77.1 Å². The first-order valence-electron chi connectivity index (χ1n) is 31.6. The summed E-state index contributed by atoms with van der Waals surface area (Å²) in [5, 5.41) is 19.9. The van der Waals surface area contributed by atoms with E-state index < -0.39 is 77.0 Å². The van der Waals surface area contributed by atoms with Gasteiger partial charge in [-0.3, -0.25) is 29.0 Å². The smallest absolute Gasteiger partial charge is 0.421 e. The molecule has 0 saturated heterocycles. The lowest BCUT2D eigenvalue weighted by molar-refractivity contribution is -0.133. The monoisotopic (exact) mass is 1320 g/mol. The lowest BCUT2D eigenvalue weighted by Crippen LogP contribution is -2.54. The fourth-order valence-electron chi connectivity index (χ4n) is 12.0. The second-order valence-electron chi connectivity index (χ2n) is 24.2. The van der Waals surface area contributed by atoms with Crippen LogP contribution in [0.5, 0.6) is 23.0 Å². The van der Waals surface area contributed by atoms with Gasteiger partial charge >= 0.3 is 22.4 Å². The van der Waals surface area contributed by atoms with Gasteiger partial charge in [-0.1, -0.05) is 37.1 Å². The van der Waals surface area contributed by atoms with E-state index in [1.165, 1.54) is 38.2 Å². The van der Waals surface area contributed by atoms with Gasteiger partial charge in [-0.05, 0) is 119 Å². The summed E-state index contributed by atoms with van der Waals surface area (Å²) < 4.78 is 74.0. The van der Waals surface area contributed by atoms with Crippen molar-refractivity contribution in [1.29, 1.82) is 0 Å². The molecule has 9 rings (SSSR count). The molecule has 28 heteroatoms. The number of fused-ring (bicyclic) bond motifs is 5. The number of nitrogens with one attached hydrogen (secondary N) is 5. The summed E-state index contributed by atoms with van der Waals surface area (Å²) in [7, 11) is -1.24. The molecule has 1 saturated carbocycles. The van der Waals surface area contributed by atoms with Crippen LogP contribution < -0.4 is 49.2 Å². The average molecular weight is 1320 g/mol. The molecule has 0 spiro atoms. The van der Waals surface area contributed by atoms with Gasteiger partial charge in [0, 0.05) is 55.8 Å². The summed E-state index contributed by atoms with van der Waals surface area (Å²) >= 11 is 0. The number of methoxy groups -OCH3 is 2. The van der Waals surface area contributed by atoms with Crippen LogP contribution in [0.3, 0.4) is 0 Å². The first-order valence-corrected chi connectivity index (χ1v) is 33.0. The predicted molar refractivity (Wildman–Crippen MR) is 344 cm³/mol. The Morgan fingerprint density at radius 3 is 2.05 bits per heavy atom. The zero-order chi connectivity index (χ0) is 67.2. The van der Waals surface area contributed by atoms with Gasteiger partial charge in [-0.2, -0.15) is 13.1 Å². The number of ether oxygens (including phenoxy) is 8. The van der Waals surface area contributed by atoms with Crippen molar-refractivity contribution in [3.63, 3.8) is 0 Å². The molecule has 6 aliphatic rings. The van der Waals surface area contributed by atoms with Crippen molar-refractivity contribution < 1.29 is 85.0 Å². The van der Waals surface area contributed by atoms with E-state index in [9.17, 15) is 47.1 Å². The molecule has 6 N–H and O–H groups in total. The maximum Gasteiger partial charge on any atom is 0.421 e. The summed E-state index contributed by atoms with van der Waals surface area (Å²) in [4.78, 5) is 102. The van der Waals surface area contributed by atoms with Crippen LogP contribution >= 0.6 is 0 Å². The van der Waals surface area contributed by atoms with Crippen molar-refractivity contribution in [3.05, 3.63) is 88.8 Å². The Hall–Kier alpha value is -8.75. The highest BCUT2D eigenvalue weighted by Gasteiger charge is 2.50. The van der Waals surface area contributed by atoms with Crippen LogP contribution in [0.4, 0.5) is 26.7 Å². The van der Waals surface area contributed by atoms with Gasteiger partial charge in [0.15, 0.2) is 29.2 Å². The van der Waals surface area contributed by atoms with Crippen LogP contribution in [-0.2, 0) is 50.1 Å². The number of unbranched alkanes of at least 4 members (excludes halogenated alkanes) is 2. The Morgan fingerprint density at radius 2 is 1.37 bits per heavy atom. The third kappa shape index (κ3) is 17.7. The van der Waals surface area contributed by atoms with Gasteiger partial charge in [0.2, 0.25) is 17.7 Å². The molecular formula is C66H83N9O18S. The summed E-state index contributed by atoms with van der Waals surface area (Å²) in [6.07, 6.45) is 8.17. The van der Waals surface area contributed by atoms with E-state index in [1.54, 1.807) is 67.6 Å². The van der Waals surface area contributed by atoms with Crippen LogP contribution in [-0.4, -0.2) is 169 Å². The molecule has 0 aromatic heterocycles. The second kappa shape index (κ2) is 31.9. The van der Waals surface area contributed by atoms with Crippen molar-refractivity contribution in [3.8, 4) is 34.8 Å². The highest BCUT2D eigenvalue weighted by molar-refractivity contribution is 7.88. The third-order valence-corrected chi connectivity index (χ3v) is 18.0. The largest absolute Gasteiger partial charge is 0.493 e. The maximum absolute atomic E-state index is 14.2. The number of carbonyl (C=O) groups is 7. The molecule has 3 aromatic carbocycles. The van der Waals surface area contributed by atoms with Crippen LogP contribution in [0, 0.1) is 35.5 Å². The van der Waals surface area contributed by atoms with E-state index in [2.05, 4.69) is 37.5 Å². The van der Waals surface area contributed by atoms with Crippen molar-refractivity contribution in [2.24, 2.45) is 28.7 Å². The summed E-state index contributed by atoms with van der Waals surface area (Å²) in [5.41, 5.74) is 3.84. The molecule has 1 fully saturated rings. The topological polar surface area (TPSA) is 330 Å². The highest BCUT2D eigenvalue weighted by Crippen LogP contribution is 2.52. The molecule has 27 nitrogen and oxygen atoms in total. The number of rotatable bonds is 30. The number of carbonyl (C=O) groups excluding carboxylic acids is 7. The predicted octanol–water partition coefficient (Wildman–Crippen LogP) is 6.38. The molecule has 4 aliphatic heterocycles. The van der Waals surface area contributed by atoms with Crippen LogP contribution in [0.25, 0.3) is 0 Å². The fourth-order valence-corrected chi connectivity index (χ4v) is 12.7. The minimum Gasteiger partial charge on any atom is -0.493 e. The van der Waals surface area contributed by atoms with Gasteiger partial charge in [-0.25, -0.2) is 19.2 Å². The lowest BCUT2D eigenvalue weighted by Gasteiger charge is -2.31. The molecule has 1 unspecified atom stereocenters. The SMILES string of the molecule is COc1cc2c(cc1OCCCCCOc1cc3c(cc1OC)C(=O)N1C=C(C)C[C@H]1[C@H](O)N3C(=O)OCc1ccc(NC(=O)[C@H](C)NC(=O)[C@@H](NC(=O)COCCOCCNS(=O)(=O)NC(=O)OCC3[C@H]4CCC#CCC[C@@H]34)C(C)C)cc1)N=C[C@@H]1CC(C)=CN1C2=O. The molecule has 2 aliphatic carbocycles. The van der Waals surface area contributed by atoms with E-state index in [0.29, 0.717) is 78.1 Å². The zero-order valence-corrected chi connectivity index (χ0v) is 54.7. The molecule has 4 heterocycles. The minimum atomic E-state index is -4.19. The molecule has 8 atom stereocenters. The quantitative estimate of drug-likeness (QED) is 0.0311. The first-order chi connectivity index (χ1) is 45.1. The number of nitrogens with zero attached hydrogens (tertiary/aromatic N) is 4. The first kappa shape index (κ1) is 69.6. The maximum atomic E-state index is 14.2. The van der Waals surface area contributed by atoms with Gasteiger partial charge in [0.1, 0.15) is 25.3 Å². The summed E-state index contributed by atoms with van der Waals surface area (Å²) in [6, 6.07) is 9.68. The molecule has 7 amide bonds. The number of hydrogen-bond acceptors (Lipinski definition) is 19. The Labute approximate surface area is 546 Å². The second-order valence-corrected chi connectivity index (χ2v) is 25.7. The van der Waals surface area contributed by atoms with Crippen molar-refractivity contribution >= 4 is 75.2 Å². The van der Waals surface area contributed by atoms with E-state index in [-0.39, 0.29) is 92.7 Å². The number of aliphatic hydroxyl groups excluding tert-OH is 1. The van der Waals surface area contributed by atoms with Crippen LogP contribution in [0.1, 0.15) is 119 Å². The Morgan fingerprint density at radius 1 is 0.734 bits per heavy atom. The molecule has 0 bridgehead atoms. The molecule has 94 heavy (non-hydrogen) atoms. The number of aliphatic hydroxyl groups is 1. The molecule has 506 valence electrons. The molecule has 0 radical (unpaired) electrons. The summed E-state index contributed by atoms with van der Waals surface area (Å²) in [6.45, 7) is 8.49. The van der Waals surface area contributed by atoms with Gasteiger partial charge in [0.25, 0.3) is 11.8 Å². The number of hydrogen-bond donors (Lipinski definition) is 6. The Kier molecular flexibility index (Phi) is 23.6. The normalized spacial score (nSPS) is 20.7. The third-order valence-electron chi connectivity index (χ3n) is 17.0. The van der Waals surface area contributed by atoms with E-state index in [1.807, 2.05) is 24.8 Å². The number of aliphatic imine (C=N–C) groups is 1. The fraction of sp³-hybridized carbons (Fsp3) is 0.515. The molecular weight excluding hydrogens is 1240 g/mol. The Bertz CT molecular complexity index is 3570. The average Bonchev–Trinajstić information content (AvgIpc) is 1.57. The zero-order valence-electron chi connectivity index (χ0n) is 53.9. The van der Waals surface area contributed by atoms with Gasteiger partial charge < -0.3 is 68.8 Å². The lowest BCUT2D eigenvalue weighted by atomic mass is 10.0. The van der Waals surface area contributed by atoms with Gasteiger partial charge in [-0.15, -0.1) is 11.8 Å². The van der Waals surface area contributed by atoms with E-state index in [4.69, 9.17) is 37.9 Å². The number of amides is 7. The number of benzene rings is 3. The van der Waals surface area contributed by atoms with Crippen molar-refractivity contribution in [1.82, 2.24) is 29.9 Å². The minimum absolute atomic E-state index is 0.00519. The van der Waals surface area contributed by atoms with E-state index in [0.717, 1.165) is 48.2 Å². The number of anilines is 2. The Balaban J connectivity index is 0.693. The van der Waals surface area contributed by atoms with E-state index >= 15 is 0 Å². The molecule has 3 aromatic rings.